The van der Waals surface area contributed by atoms with Gasteiger partial charge < -0.3 is 21.8 Å². The lowest BCUT2D eigenvalue weighted by Gasteiger charge is -2.22. The van der Waals surface area contributed by atoms with Crippen molar-refractivity contribution in [3.05, 3.63) is 76.0 Å². The van der Waals surface area contributed by atoms with Crippen molar-refractivity contribution in [2.24, 2.45) is 16.8 Å². The summed E-state index contributed by atoms with van der Waals surface area (Å²) in [5.74, 6) is 10.9. The summed E-state index contributed by atoms with van der Waals surface area (Å²) < 4.78 is 0. The van der Waals surface area contributed by atoms with Gasteiger partial charge in [-0.1, -0.05) is 42.1 Å². The van der Waals surface area contributed by atoms with Crippen LogP contribution in [0.25, 0.3) is 17.2 Å². The molecule has 204 valence electrons. The fourth-order valence-corrected chi connectivity index (χ4v) is 4.96. The zero-order valence-corrected chi connectivity index (χ0v) is 23.1. The van der Waals surface area contributed by atoms with Crippen LogP contribution in [-0.4, -0.2) is 30.8 Å². The molecule has 1 aliphatic rings. The number of benzene rings is 2. The second-order valence-electron chi connectivity index (χ2n) is 9.16. The minimum Gasteiger partial charge on any atom is -0.388 e. The van der Waals surface area contributed by atoms with Crippen LogP contribution in [0.2, 0.25) is 10.2 Å². The summed E-state index contributed by atoms with van der Waals surface area (Å²) in [6, 6.07) is 13.0. The number of hydrazine groups is 1. The molecule has 0 radical (unpaired) electrons. The van der Waals surface area contributed by atoms with Crippen LogP contribution >= 0.6 is 23.2 Å². The van der Waals surface area contributed by atoms with E-state index in [4.69, 9.17) is 34.9 Å². The minimum absolute atomic E-state index is 0.281. The molecular weight excluding hydrogens is 535 g/mol. The number of hydrazone groups is 1. The highest BCUT2D eigenvalue weighted by atomic mass is 35.5. The maximum absolute atomic E-state index is 13.1. The van der Waals surface area contributed by atoms with Crippen LogP contribution in [0.3, 0.4) is 0 Å². The molecule has 11 heteroatoms. The third-order valence-electron chi connectivity index (χ3n) is 6.54. The molecule has 2 heterocycles. The first-order valence-electron chi connectivity index (χ1n) is 12.7. The number of anilines is 3. The number of aromatic nitrogens is 1. The Bertz CT molecular complexity index is 1380. The fourth-order valence-electron chi connectivity index (χ4n) is 4.55. The predicted molar refractivity (Wildman–Crippen MR) is 162 cm³/mol. The number of carbonyl (C=O) groups excluding carboxylic acids is 1. The fraction of sp³-hybridized carbons (Fsp3) is 0.250. The average Bonchev–Trinajstić information content (AvgIpc) is 2.93. The van der Waals surface area contributed by atoms with Gasteiger partial charge in [0.05, 0.1) is 11.7 Å². The predicted octanol–water partition coefficient (Wildman–Crippen LogP) is 5.54. The Balaban J connectivity index is 1.63. The standard InChI is InChI=1S/C28H32Cl2N8O/c1-33-21-8-9-22-19-14-23(28(30)35-16-19)24(5-3-2-4-12-34-25(22)15-21)37-27(39)11-6-18-13-20(29)7-10-26(18)38(32)17-36-31/h6-11,13-17,24,33-34H,2-5,12,31-32H2,1H3,(H,37,39)/b11-6+,36-17-. The van der Waals surface area contributed by atoms with E-state index < -0.39 is 0 Å². The van der Waals surface area contributed by atoms with Gasteiger partial charge in [-0.15, -0.1) is 0 Å². The third kappa shape index (κ3) is 7.20. The minimum atomic E-state index is -0.316. The largest absolute Gasteiger partial charge is 0.388 e. The van der Waals surface area contributed by atoms with Gasteiger partial charge in [0.1, 0.15) is 11.5 Å². The Morgan fingerprint density at radius 1 is 1.18 bits per heavy atom. The van der Waals surface area contributed by atoms with Gasteiger partial charge in [0.25, 0.3) is 0 Å². The summed E-state index contributed by atoms with van der Waals surface area (Å²) in [4.78, 5) is 17.6. The molecule has 1 amide bonds. The Kier molecular flexibility index (Phi) is 9.64. The molecule has 1 aliphatic heterocycles. The Labute approximate surface area is 238 Å². The van der Waals surface area contributed by atoms with Gasteiger partial charge in [0.15, 0.2) is 0 Å². The van der Waals surface area contributed by atoms with Gasteiger partial charge in [-0.25, -0.2) is 10.8 Å². The van der Waals surface area contributed by atoms with Gasteiger partial charge in [0.2, 0.25) is 5.91 Å². The number of nitrogens with one attached hydrogen (secondary N) is 3. The van der Waals surface area contributed by atoms with Gasteiger partial charge in [0, 0.05) is 64.5 Å². The number of pyridine rings is 1. The zero-order chi connectivity index (χ0) is 27.8. The number of nitrogens with two attached hydrogens (primary N) is 2. The van der Waals surface area contributed by atoms with Crippen LogP contribution in [0.1, 0.15) is 42.9 Å². The van der Waals surface area contributed by atoms with E-state index >= 15 is 0 Å². The van der Waals surface area contributed by atoms with Crippen molar-refractivity contribution in [1.82, 2.24) is 10.3 Å². The molecule has 0 aliphatic carbocycles. The maximum Gasteiger partial charge on any atom is 0.244 e. The molecule has 4 rings (SSSR count). The Hall–Kier alpha value is -3.79. The van der Waals surface area contributed by atoms with Gasteiger partial charge >= 0.3 is 0 Å². The number of hydrogen-bond acceptors (Lipinski definition) is 7. The molecule has 0 saturated heterocycles. The molecule has 39 heavy (non-hydrogen) atoms. The van der Waals surface area contributed by atoms with E-state index in [1.165, 1.54) is 17.4 Å². The number of carbonyl (C=O) groups is 1. The molecule has 3 aromatic rings. The van der Waals surface area contributed by atoms with E-state index in [-0.39, 0.29) is 11.9 Å². The lowest BCUT2D eigenvalue weighted by molar-refractivity contribution is -0.117. The van der Waals surface area contributed by atoms with Crippen molar-refractivity contribution in [3.63, 3.8) is 0 Å². The van der Waals surface area contributed by atoms with E-state index in [1.807, 2.05) is 19.2 Å². The van der Waals surface area contributed by atoms with Crippen LogP contribution in [0.5, 0.6) is 0 Å². The SMILES string of the molecule is CNc1ccc2c(c1)NCCCCCC(NC(=O)/C=C/c1cc(Cl)ccc1N(N)/C=N\N)c1cc-2cnc1Cl. The number of amides is 1. The third-order valence-corrected chi connectivity index (χ3v) is 7.09. The van der Waals surface area contributed by atoms with Crippen LogP contribution in [0.15, 0.2) is 59.8 Å². The summed E-state index contributed by atoms with van der Waals surface area (Å²) in [5.41, 5.74) is 5.96. The monoisotopic (exact) mass is 566 g/mol. The summed E-state index contributed by atoms with van der Waals surface area (Å²) in [7, 11) is 1.90. The summed E-state index contributed by atoms with van der Waals surface area (Å²) in [5, 5.41) is 15.4. The number of halogens is 2. The first-order valence-corrected chi connectivity index (χ1v) is 13.4. The first-order chi connectivity index (χ1) is 18.9. The van der Waals surface area contributed by atoms with Crippen molar-refractivity contribution in [1.29, 1.82) is 0 Å². The van der Waals surface area contributed by atoms with Gasteiger partial charge in [-0.05, 0) is 55.3 Å². The smallest absolute Gasteiger partial charge is 0.244 e. The topological polar surface area (TPSA) is 134 Å². The average molecular weight is 568 g/mol. The molecule has 9 nitrogen and oxygen atoms in total. The van der Waals surface area contributed by atoms with Crippen LogP contribution < -0.4 is 32.6 Å². The molecular formula is C28H32Cl2N8O. The van der Waals surface area contributed by atoms with E-state index in [9.17, 15) is 4.79 Å². The Morgan fingerprint density at radius 2 is 2.03 bits per heavy atom. The highest BCUT2D eigenvalue weighted by Crippen LogP contribution is 2.35. The van der Waals surface area contributed by atoms with Crippen molar-refractivity contribution in [2.45, 2.75) is 31.7 Å². The van der Waals surface area contributed by atoms with Gasteiger partial charge in [-0.2, -0.15) is 5.10 Å². The maximum atomic E-state index is 13.1. The van der Waals surface area contributed by atoms with Crippen molar-refractivity contribution in [3.8, 4) is 11.1 Å². The number of hydrogen-bond donors (Lipinski definition) is 5. The van der Waals surface area contributed by atoms with Crippen molar-refractivity contribution >= 4 is 58.6 Å². The number of fused-ring (bicyclic) bond motifs is 4. The number of rotatable bonds is 6. The van der Waals surface area contributed by atoms with E-state index in [1.54, 1.807) is 30.5 Å². The zero-order valence-electron chi connectivity index (χ0n) is 21.6. The Morgan fingerprint density at radius 3 is 2.82 bits per heavy atom. The van der Waals surface area contributed by atoms with Crippen molar-refractivity contribution in [2.75, 3.05) is 29.2 Å². The van der Waals surface area contributed by atoms with Crippen LogP contribution in [-0.2, 0) is 4.79 Å². The quantitative estimate of drug-likeness (QED) is 0.0660. The van der Waals surface area contributed by atoms with Crippen LogP contribution in [0, 0.1) is 0 Å². The molecule has 0 spiro atoms. The summed E-state index contributed by atoms with van der Waals surface area (Å²) >= 11 is 12.8. The lowest BCUT2D eigenvalue weighted by atomic mass is 9.96. The second-order valence-corrected chi connectivity index (χ2v) is 9.95. The molecule has 1 atom stereocenters. The molecule has 1 aromatic heterocycles. The normalized spacial score (nSPS) is 15.6. The summed E-state index contributed by atoms with van der Waals surface area (Å²) in [6.45, 7) is 0.850. The second kappa shape index (κ2) is 13.3. The summed E-state index contributed by atoms with van der Waals surface area (Å²) in [6.07, 6.45) is 9.77. The molecule has 0 fully saturated rings. The van der Waals surface area contributed by atoms with Crippen molar-refractivity contribution < 1.29 is 4.79 Å². The molecule has 7 N–H and O–H groups in total. The first kappa shape index (κ1) is 28.2. The molecule has 1 unspecified atom stereocenters. The van der Waals surface area contributed by atoms with E-state index in [0.29, 0.717) is 21.4 Å². The van der Waals surface area contributed by atoms with Gasteiger partial charge in [-0.3, -0.25) is 9.80 Å². The number of nitrogens with zero attached hydrogens (tertiary/aromatic N) is 3. The molecule has 0 saturated carbocycles. The van der Waals surface area contributed by atoms with Crippen LogP contribution in [0.4, 0.5) is 17.1 Å². The van der Waals surface area contributed by atoms with E-state index in [0.717, 1.165) is 60.3 Å². The van der Waals surface area contributed by atoms with E-state index in [2.05, 4.69) is 38.2 Å². The highest BCUT2D eigenvalue weighted by molar-refractivity contribution is 6.31. The lowest BCUT2D eigenvalue weighted by Crippen LogP contribution is -2.30. The molecule has 2 bridgehead atoms. The molecule has 2 aromatic carbocycles. The highest BCUT2D eigenvalue weighted by Gasteiger charge is 2.20.